The van der Waals surface area contributed by atoms with E-state index >= 15 is 0 Å². The van der Waals surface area contributed by atoms with Gasteiger partial charge in [-0.15, -0.1) is 0 Å². The van der Waals surface area contributed by atoms with Crippen LogP contribution in [0.15, 0.2) is 60.7 Å². The molecule has 1 fully saturated rings. The summed E-state index contributed by atoms with van der Waals surface area (Å²) in [7, 11) is 1.66. The molecule has 2 aliphatic rings. The molecular weight excluding hydrogens is 559 g/mol. The number of halogens is 1. The zero-order chi connectivity index (χ0) is 31.2. The van der Waals surface area contributed by atoms with Crippen LogP contribution in [0.1, 0.15) is 60.8 Å². The second kappa shape index (κ2) is 14.2. The number of unbranched alkanes of at least 4 members (excludes halogenated alkanes) is 1. The molecule has 3 atom stereocenters. The second-order valence-electron chi connectivity index (χ2n) is 12.0. The first kappa shape index (κ1) is 31.5. The van der Waals surface area contributed by atoms with Crippen molar-refractivity contribution in [2.45, 2.75) is 64.3 Å². The molecule has 0 bridgehead atoms. The number of nitrogens with zero attached hydrogens (tertiary/aromatic N) is 2. The number of para-hydroxylation sites is 1. The maximum absolute atomic E-state index is 14.1. The first-order chi connectivity index (χ1) is 21.3. The van der Waals surface area contributed by atoms with Gasteiger partial charge >= 0.3 is 5.97 Å². The standard InChI is InChI=1S/C36H43FN2O5/c1-4-5-18-39(28-14-15-30(37)24(2)20-28)34(40)23-38-22-29(26-13-16-33-27(21-26)17-19-44-33)35(36(41)42)31(38)11-8-10-25-9-6-7-12-32(25)43-3/h6-7,9,12-16,20-21,29,31,35H,4-5,8,10-11,17-19,22-23H2,1-3H3,(H,41,42). The molecule has 0 aromatic heterocycles. The van der Waals surface area contributed by atoms with E-state index in [1.165, 1.54) is 6.07 Å². The number of carboxylic acid groups (broad SMARTS) is 1. The third-order valence-corrected chi connectivity index (χ3v) is 9.14. The minimum atomic E-state index is -0.846. The Hall–Kier alpha value is -3.91. The van der Waals surface area contributed by atoms with Crippen LogP contribution >= 0.6 is 0 Å². The van der Waals surface area contributed by atoms with Crippen LogP contribution in [0.3, 0.4) is 0 Å². The summed E-state index contributed by atoms with van der Waals surface area (Å²) in [6.45, 7) is 5.47. The topological polar surface area (TPSA) is 79.3 Å². The summed E-state index contributed by atoms with van der Waals surface area (Å²) in [5.41, 5.74) is 4.31. The number of carboxylic acids is 1. The molecule has 3 aromatic carbocycles. The van der Waals surface area contributed by atoms with E-state index in [-0.39, 0.29) is 30.2 Å². The average Bonchev–Trinajstić information content (AvgIpc) is 3.63. The molecule has 7 nitrogen and oxygen atoms in total. The van der Waals surface area contributed by atoms with Crippen molar-refractivity contribution >= 4 is 17.6 Å². The van der Waals surface area contributed by atoms with Gasteiger partial charge in [0.1, 0.15) is 17.3 Å². The minimum absolute atomic E-state index is 0.0911. The van der Waals surface area contributed by atoms with Crippen molar-refractivity contribution in [3.8, 4) is 11.5 Å². The van der Waals surface area contributed by atoms with Gasteiger partial charge in [0.15, 0.2) is 0 Å². The maximum Gasteiger partial charge on any atom is 0.308 e. The summed E-state index contributed by atoms with van der Waals surface area (Å²) in [5.74, 6) is -0.511. The number of benzene rings is 3. The number of aliphatic carboxylic acids is 1. The van der Waals surface area contributed by atoms with Gasteiger partial charge < -0.3 is 19.5 Å². The Balaban J connectivity index is 1.43. The highest BCUT2D eigenvalue weighted by molar-refractivity contribution is 5.95. The number of carbonyl (C=O) groups excluding carboxylic acids is 1. The van der Waals surface area contributed by atoms with Crippen molar-refractivity contribution in [2.75, 3.05) is 38.3 Å². The maximum atomic E-state index is 14.1. The molecule has 2 aliphatic heterocycles. The van der Waals surface area contributed by atoms with Gasteiger partial charge in [0.05, 0.1) is 26.2 Å². The second-order valence-corrected chi connectivity index (χ2v) is 12.0. The van der Waals surface area contributed by atoms with Gasteiger partial charge in [-0.1, -0.05) is 43.7 Å². The molecule has 5 rings (SSSR count). The van der Waals surface area contributed by atoms with Gasteiger partial charge in [-0.2, -0.15) is 0 Å². The van der Waals surface area contributed by atoms with Gasteiger partial charge in [0, 0.05) is 37.2 Å². The Kier molecular flexibility index (Phi) is 10.2. The monoisotopic (exact) mass is 602 g/mol. The van der Waals surface area contributed by atoms with Crippen molar-refractivity contribution in [1.82, 2.24) is 4.90 Å². The quantitative estimate of drug-likeness (QED) is 0.244. The van der Waals surface area contributed by atoms with Gasteiger partial charge in [-0.05, 0) is 85.2 Å². The molecule has 3 unspecified atom stereocenters. The molecule has 234 valence electrons. The van der Waals surface area contributed by atoms with E-state index in [4.69, 9.17) is 9.47 Å². The van der Waals surface area contributed by atoms with Crippen LogP contribution in [0.2, 0.25) is 0 Å². The molecule has 0 saturated carbocycles. The van der Waals surface area contributed by atoms with Gasteiger partial charge in [0.25, 0.3) is 0 Å². The lowest BCUT2D eigenvalue weighted by molar-refractivity contribution is -0.143. The number of hydrogen-bond donors (Lipinski definition) is 1. The van der Waals surface area contributed by atoms with Crippen molar-refractivity contribution in [1.29, 1.82) is 0 Å². The summed E-state index contributed by atoms with van der Waals surface area (Å²) in [6, 6.07) is 18.4. The fourth-order valence-electron chi connectivity index (χ4n) is 6.81. The molecule has 0 radical (unpaired) electrons. The number of amides is 1. The first-order valence-corrected chi connectivity index (χ1v) is 15.7. The summed E-state index contributed by atoms with van der Waals surface area (Å²) in [4.78, 5) is 30.8. The largest absolute Gasteiger partial charge is 0.496 e. The van der Waals surface area contributed by atoms with Crippen LogP contribution in [-0.2, 0) is 22.4 Å². The summed E-state index contributed by atoms with van der Waals surface area (Å²) in [6.07, 6.45) is 4.64. The third-order valence-electron chi connectivity index (χ3n) is 9.14. The van der Waals surface area contributed by atoms with E-state index in [9.17, 15) is 19.1 Å². The number of ether oxygens (including phenoxy) is 2. The molecule has 1 amide bonds. The van der Waals surface area contributed by atoms with Crippen LogP contribution < -0.4 is 14.4 Å². The Morgan fingerprint density at radius 1 is 1.11 bits per heavy atom. The summed E-state index contributed by atoms with van der Waals surface area (Å²) >= 11 is 0. The first-order valence-electron chi connectivity index (χ1n) is 15.7. The van der Waals surface area contributed by atoms with Crippen LogP contribution in [0.5, 0.6) is 11.5 Å². The van der Waals surface area contributed by atoms with Crippen molar-refractivity contribution in [3.05, 3.63) is 88.7 Å². The lowest BCUT2D eigenvalue weighted by Crippen LogP contribution is -2.44. The average molecular weight is 603 g/mol. The highest BCUT2D eigenvalue weighted by Gasteiger charge is 2.47. The summed E-state index contributed by atoms with van der Waals surface area (Å²) < 4.78 is 25.4. The fourth-order valence-corrected chi connectivity index (χ4v) is 6.81. The molecule has 0 aliphatic carbocycles. The van der Waals surface area contributed by atoms with Gasteiger partial charge in [-0.25, -0.2) is 4.39 Å². The van der Waals surface area contributed by atoms with Crippen LogP contribution in [0, 0.1) is 18.7 Å². The zero-order valence-corrected chi connectivity index (χ0v) is 25.9. The SMILES string of the molecule is CCCCN(C(=O)CN1CC(c2ccc3c(c2)CCO3)C(C(=O)O)C1CCCc1ccccc1OC)c1ccc(F)c(C)c1. The highest BCUT2D eigenvalue weighted by atomic mass is 19.1. The number of hydrogen-bond acceptors (Lipinski definition) is 5. The molecule has 8 heteroatoms. The Bertz CT molecular complexity index is 1480. The lowest BCUT2D eigenvalue weighted by Gasteiger charge is -2.30. The van der Waals surface area contributed by atoms with E-state index in [0.717, 1.165) is 60.3 Å². The molecule has 1 saturated heterocycles. The van der Waals surface area contributed by atoms with Gasteiger partial charge in [0.2, 0.25) is 5.91 Å². The molecule has 2 heterocycles. The number of likely N-dealkylation sites (tertiary alicyclic amines) is 1. The Morgan fingerprint density at radius 3 is 2.68 bits per heavy atom. The number of methoxy groups -OCH3 is 1. The third kappa shape index (κ3) is 6.91. The van der Waals surface area contributed by atoms with Crippen molar-refractivity contribution in [2.24, 2.45) is 5.92 Å². The molecule has 1 N–H and O–H groups in total. The van der Waals surface area contributed by atoms with Crippen molar-refractivity contribution in [3.63, 3.8) is 0 Å². The smallest absolute Gasteiger partial charge is 0.308 e. The molecular formula is C36H43FN2O5. The molecule has 0 spiro atoms. The Labute approximate surface area is 259 Å². The van der Waals surface area contributed by atoms with Gasteiger partial charge in [-0.3, -0.25) is 14.5 Å². The number of rotatable bonds is 13. The van der Waals surface area contributed by atoms with E-state index in [2.05, 4.69) is 17.9 Å². The lowest BCUT2D eigenvalue weighted by atomic mass is 9.83. The predicted octanol–water partition coefficient (Wildman–Crippen LogP) is 6.40. The van der Waals surface area contributed by atoms with Crippen molar-refractivity contribution < 1.29 is 28.6 Å². The van der Waals surface area contributed by atoms with E-state index < -0.39 is 11.9 Å². The zero-order valence-electron chi connectivity index (χ0n) is 25.9. The number of aryl methyl sites for hydroxylation is 2. The van der Waals surface area contributed by atoms with E-state index in [1.807, 2.05) is 36.4 Å². The van der Waals surface area contributed by atoms with Crippen LogP contribution in [0.4, 0.5) is 10.1 Å². The minimum Gasteiger partial charge on any atom is -0.496 e. The number of carbonyl (C=O) groups is 2. The normalized spacial score (nSPS) is 19.4. The van der Waals surface area contributed by atoms with E-state index in [0.29, 0.717) is 37.4 Å². The summed E-state index contributed by atoms with van der Waals surface area (Å²) in [5, 5.41) is 10.6. The Morgan fingerprint density at radius 2 is 1.93 bits per heavy atom. The molecule has 3 aromatic rings. The fraction of sp³-hybridized carbons (Fsp3) is 0.444. The number of anilines is 1. The van der Waals surface area contributed by atoms with Crippen LogP contribution in [-0.4, -0.2) is 61.3 Å². The van der Waals surface area contributed by atoms with Crippen LogP contribution in [0.25, 0.3) is 0 Å². The highest BCUT2D eigenvalue weighted by Crippen LogP contribution is 2.41. The van der Waals surface area contributed by atoms with E-state index in [1.54, 1.807) is 31.1 Å². The number of fused-ring (bicyclic) bond motifs is 1. The predicted molar refractivity (Wildman–Crippen MR) is 169 cm³/mol. The molecule has 44 heavy (non-hydrogen) atoms.